The molecule has 2 heterocycles. The Bertz CT molecular complexity index is 887. The maximum absolute atomic E-state index is 12.8. The molecule has 1 saturated carbocycles. The Labute approximate surface area is 184 Å². The summed E-state index contributed by atoms with van der Waals surface area (Å²) in [4.78, 5) is 26.6. The zero-order chi connectivity index (χ0) is 21.8. The average Bonchev–Trinajstić information content (AvgIpc) is 3.55. The monoisotopic (exact) mass is 423 g/mol. The van der Waals surface area contributed by atoms with Gasteiger partial charge in [0.05, 0.1) is 5.69 Å². The minimum Gasteiger partial charge on any atom is -0.361 e. The highest BCUT2D eigenvalue weighted by atomic mass is 16.5. The molecule has 4 rings (SSSR count). The summed E-state index contributed by atoms with van der Waals surface area (Å²) in [6.07, 6.45) is 6.94. The fourth-order valence-corrected chi connectivity index (χ4v) is 4.39. The van der Waals surface area contributed by atoms with Gasteiger partial charge in [-0.2, -0.15) is 0 Å². The van der Waals surface area contributed by atoms with E-state index in [-0.39, 0.29) is 11.8 Å². The number of nitrogens with one attached hydrogen (secondary N) is 1. The molecule has 6 nitrogen and oxygen atoms in total. The quantitative estimate of drug-likeness (QED) is 0.700. The van der Waals surface area contributed by atoms with Crippen molar-refractivity contribution < 1.29 is 14.1 Å². The second-order valence-electron chi connectivity index (χ2n) is 9.20. The zero-order valence-electron chi connectivity index (χ0n) is 18.7. The van der Waals surface area contributed by atoms with E-state index in [1.54, 1.807) is 6.92 Å². The van der Waals surface area contributed by atoms with Crippen molar-refractivity contribution in [3.05, 3.63) is 52.4 Å². The molecular formula is C25H33N3O3. The largest absolute Gasteiger partial charge is 0.361 e. The lowest BCUT2D eigenvalue weighted by Gasteiger charge is -2.32. The highest BCUT2D eigenvalue weighted by Gasteiger charge is 2.27. The van der Waals surface area contributed by atoms with Gasteiger partial charge in [-0.1, -0.05) is 29.4 Å². The molecule has 0 radical (unpaired) electrons. The first kappa shape index (κ1) is 21.6. The van der Waals surface area contributed by atoms with E-state index in [0.29, 0.717) is 29.4 Å². The van der Waals surface area contributed by atoms with E-state index in [1.165, 1.54) is 24.0 Å². The molecule has 6 heteroatoms. The first-order valence-electron chi connectivity index (χ1n) is 11.6. The van der Waals surface area contributed by atoms with E-state index in [9.17, 15) is 9.59 Å². The van der Waals surface area contributed by atoms with Gasteiger partial charge in [0.15, 0.2) is 0 Å². The van der Waals surface area contributed by atoms with Crippen molar-refractivity contribution >= 4 is 11.8 Å². The van der Waals surface area contributed by atoms with Crippen LogP contribution in [0.2, 0.25) is 0 Å². The lowest BCUT2D eigenvalue weighted by atomic mass is 9.89. The number of aromatic nitrogens is 1. The summed E-state index contributed by atoms with van der Waals surface area (Å²) in [5.74, 6) is 2.12. The number of hydrogen-bond donors (Lipinski definition) is 1. The summed E-state index contributed by atoms with van der Waals surface area (Å²) in [5, 5.41) is 6.94. The van der Waals surface area contributed by atoms with Crippen molar-refractivity contribution in [3.8, 4) is 0 Å². The van der Waals surface area contributed by atoms with Gasteiger partial charge in [-0.3, -0.25) is 9.59 Å². The predicted octanol–water partition coefficient (Wildman–Crippen LogP) is 3.85. The number of carbonyl (C=O) groups excluding carboxylic acids is 2. The molecular weight excluding hydrogens is 390 g/mol. The molecule has 1 aromatic carbocycles. The molecule has 1 saturated heterocycles. The van der Waals surface area contributed by atoms with E-state index in [4.69, 9.17) is 4.52 Å². The Balaban J connectivity index is 1.20. The van der Waals surface area contributed by atoms with Crippen LogP contribution in [-0.2, 0) is 17.6 Å². The molecule has 1 aliphatic heterocycles. The predicted molar refractivity (Wildman–Crippen MR) is 119 cm³/mol. The van der Waals surface area contributed by atoms with Crippen LogP contribution >= 0.6 is 0 Å². The number of likely N-dealkylation sites (tertiary alicyclic amines) is 1. The second kappa shape index (κ2) is 9.67. The molecule has 0 atom stereocenters. The van der Waals surface area contributed by atoms with Gasteiger partial charge in [0.1, 0.15) is 11.3 Å². The molecule has 0 bridgehead atoms. The van der Waals surface area contributed by atoms with Crippen LogP contribution in [0.15, 0.2) is 28.8 Å². The molecule has 2 aromatic rings. The van der Waals surface area contributed by atoms with Crippen LogP contribution in [0.3, 0.4) is 0 Å². The highest BCUT2D eigenvalue weighted by Crippen LogP contribution is 2.27. The van der Waals surface area contributed by atoms with Crippen molar-refractivity contribution in [2.45, 2.75) is 58.8 Å². The lowest BCUT2D eigenvalue weighted by Crippen LogP contribution is -2.39. The summed E-state index contributed by atoms with van der Waals surface area (Å²) in [6, 6.07) is 8.69. The molecule has 0 spiro atoms. The lowest BCUT2D eigenvalue weighted by molar-refractivity contribution is -0.121. The van der Waals surface area contributed by atoms with Gasteiger partial charge in [0.25, 0.3) is 5.91 Å². The molecule has 166 valence electrons. The van der Waals surface area contributed by atoms with Crippen LogP contribution in [0.1, 0.15) is 65.0 Å². The SMILES string of the molecule is Cc1noc(C)c1C(=O)N1CCC(Cc2ccc(CCC(=O)NCC3CC3)cc2)CC1. The number of piperidine rings is 1. The Kier molecular flexibility index (Phi) is 6.73. The standard InChI is InChI=1S/C25H33N3O3/c1-17-24(18(2)31-27-17)25(30)28-13-11-21(12-14-28)15-20-5-3-19(4-6-20)9-10-23(29)26-16-22-7-8-22/h3-6,21-22H,7-16H2,1-2H3,(H,26,29). The summed E-state index contributed by atoms with van der Waals surface area (Å²) >= 11 is 0. The highest BCUT2D eigenvalue weighted by molar-refractivity contribution is 5.96. The number of aryl methyl sites for hydroxylation is 3. The van der Waals surface area contributed by atoms with Crippen LogP contribution in [-0.4, -0.2) is 41.5 Å². The zero-order valence-corrected chi connectivity index (χ0v) is 18.7. The number of carbonyl (C=O) groups is 2. The summed E-state index contributed by atoms with van der Waals surface area (Å²) in [7, 11) is 0. The van der Waals surface area contributed by atoms with E-state index in [1.807, 2.05) is 11.8 Å². The maximum Gasteiger partial charge on any atom is 0.259 e. The van der Waals surface area contributed by atoms with Gasteiger partial charge in [-0.25, -0.2) is 0 Å². The van der Waals surface area contributed by atoms with Gasteiger partial charge >= 0.3 is 0 Å². The Morgan fingerprint density at radius 3 is 2.32 bits per heavy atom. The molecule has 0 unspecified atom stereocenters. The van der Waals surface area contributed by atoms with Crippen molar-refractivity contribution in [2.75, 3.05) is 19.6 Å². The second-order valence-corrected chi connectivity index (χ2v) is 9.20. The topological polar surface area (TPSA) is 75.4 Å². The fourth-order valence-electron chi connectivity index (χ4n) is 4.39. The van der Waals surface area contributed by atoms with Gasteiger partial charge < -0.3 is 14.7 Å². The van der Waals surface area contributed by atoms with Crippen LogP contribution in [0.4, 0.5) is 0 Å². The molecule has 1 N–H and O–H groups in total. The molecule has 2 fully saturated rings. The molecule has 1 aromatic heterocycles. The number of hydrogen-bond acceptors (Lipinski definition) is 4. The van der Waals surface area contributed by atoms with Crippen LogP contribution in [0.25, 0.3) is 0 Å². The number of rotatable bonds is 8. The Morgan fingerprint density at radius 1 is 1.03 bits per heavy atom. The summed E-state index contributed by atoms with van der Waals surface area (Å²) in [5.41, 5.74) is 3.84. The van der Waals surface area contributed by atoms with Crippen LogP contribution in [0.5, 0.6) is 0 Å². The van der Waals surface area contributed by atoms with Gasteiger partial charge in [-0.15, -0.1) is 0 Å². The molecule has 2 aliphatic rings. The minimum absolute atomic E-state index is 0.0419. The Hall–Kier alpha value is -2.63. The molecule has 1 aliphatic carbocycles. The molecule has 31 heavy (non-hydrogen) atoms. The number of nitrogens with zero attached hydrogens (tertiary/aromatic N) is 2. The van der Waals surface area contributed by atoms with Crippen LogP contribution in [0, 0.1) is 25.7 Å². The third kappa shape index (κ3) is 5.75. The van der Waals surface area contributed by atoms with Crippen LogP contribution < -0.4 is 5.32 Å². The van der Waals surface area contributed by atoms with Gasteiger partial charge in [0.2, 0.25) is 5.91 Å². The van der Waals surface area contributed by atoms with E-state index < -0.39 is 0 Å². The summed E-state index contributed by atoms with van der Waals surface area (Å²) in [6.45, 7) is 6.02. The van der Waals surface area contributed by atoms with Crippen molar-refractivity contribution in [3.63, 3.8) is 0 Å². The maximum atomic E-state index is 12.8. The third-order valence-electron chi connectivity index (χ3n) is 6.62. The number of amides is 2. The van der Waals surface area contributed by atoms with E-state index >= 15 is 0 Å². The van der Waals surface area contributed by atoms with Crippen molar-refractivity contribution in [2.24, 2.45) is 11.8 Å². The van der Waals surface area contributed by atoms with E-state index in [0.717, 1.165) is 51.2 Å². The van der Waals surface area contributed by atoms with Gasteiger partial charge in [0, 0.05) is 26.1 Å². The van der Waals surface area contributed by atoms with E-state index in [2.05, 4.69) is 34.7 Å². The normalized spacial score (nSPS) is 17.0. The minimum atomic E-state index is 0.0419. The first-order valence-corrected chi connectivity index (χ1v) is 11.6. The fraction of sp³-hybridized carbons (Fsp3) is 0.560. The number of benzene rings is 1. The van der Waals surface area contributed by atoms with Crippen molar-refractivity contribution in [1.82, 2.24) is 15.4 Å². The summed E-state index contributed by atoms with van der Waals surface area (Å²) < 4.78 is 5.15. The van der Waals surface area contributed by atoms with Gasteiger partial charge in [-0.05, 0) is 75.3 Å². The Morgan fingerprint density at radius 2 is 1.71 bits per heavy atom. The molecule has 2 amide bonds. The van der Waals surface area contributed by atoms with Crippen molar-refractivity contribution in [1.29, 1.82) is 0 Å². The third-order valence-corrected chi connectivity index (χ3v) is 6.62. The first-order chi connectivity index (χ1) is 15.0. The smallest absolute Gasteiger partial charge is 0.259 e. The average molecular weight is 424 g/mol.